The summed E-state index contributed by atoms with van der Waals surface area (Å²) in [6.45, 7) is 1.97. The summed E-state index contributed by atoms with van der Waals surface area (Å²) in [4.78, 5) is 0. The predicted molar refractivity (Wildman–Crippen MR) is 77.6 cm³/mol. The number of benzene rings is 2. The third kappa shape index (κ3) is 2.71. The first-order chi connectivity index (χ1) is 9.17. The van der Waals surface area contributed by atoms with Crippen molar-refractivity contribution in [3.05, 3.63) is 48.0 Å². The van der Waals surface area contributed by atoms with Gasteiger partial charge in [0.1, 0.15) is 0 Å². The molecule has 100 valence electrons. The van der Waals surface area contributed by atoms with E-state index in [0.29, 0.717) is 0 Å². The van der Waals surface area contributed by atoms with Crippen molar-refractivity contribution in [2.75, 3.05) is 14.2 Å². The number of para-hydroxylation sites is 1. The average Bonchev–Trinajstić information content (AvgIpc) is 2.46. The lowest BCUT2D eigenvalue weighted by Gasteiger charge is -2.13. The number of hydrogen-bond acceptors (Lipinski definition) is 3. The van der Waals surface area contributed by atoms with E-state index in [1.54, 1.807) is 14.2 Å². The fourth-order valence-corrected chi connectivity index (χ4v) is 2.08. The van der Waals surface area contributed by atoms with E-state index in [2.05, 4.69) is 12.1 Å². The van der Waals surface area contributed by atoms with Crippen LogP contribution in [0.2, 0.25) is 0 Å². The van der Waals surface area contributed by atoms with Crippen LogP contribution in [0.1, 0.15) is 18.5 Å². The van der Waals surface area contributed by atoms with Crippen LogP contribution in [-0.2, 0) is 0 Å². The van der Waals surface area contributed by atoms with Gasteiger partial charge in [0, 0.05) is 11.6 Å². The lowest BCUT2D eigenvalue weighted by atomic mass is 10.0. The van der Waals surface area contributed by atoms with Gasteiger partial charge in [-0.15, -0.1) is 0 Å². The number of methoxy groups -OCH3 is 2. The van der Waals surface area contributed by atoms with E-state index < -0.39 is 0 Å². The largest absolute Gasteiger partial charge is 0.493 e. The SMILES string of the molecule is COc1cccc(-c2ccc(C(C)N)cc2)c1OC. The molecule has 19 heavy (non-hydrogen) atoms. The summed E-state index contributed by atoms with van der Waals surface area (Å²) in [5, 5.41) is 0. The fraction of sp³-hybridized carbons (Fsp3) is 0.250. The molecule has 0 aliphatic carbocycles. The van der Waals surface area contributed by atoms with Gasteiger partial charge in [0.2, 0.25) is 0 Å². The molecule has 0 bridgehead atoms. The highest BCUT2D eigenvalue weighted by atomic mass is 16.5. The normalized spacial score (nSPS) is 12.0. The van der Waals surface area contributed by atoms with Gasteiger partial charge in [-0.05, 0) is 24.1 Å². The molecular formula is C16H19NO2. The summed E-state index contributed by atoms with van der Waals surface area (Å²) in [6.07, 6.45) is 0. The highest BCUT2D eigenvalue weighted by Gasteiger charge is 2.11. The van der Waals surface area contributed by atoms with E-state index >= 15 is 0 Å². The molecule has 0 aliphatic heterocycles. The third-order valence-electron chi connectivity index (χ3n) is 3.15. The molecule has 1 unspecified atom stereocenters. The number of nitrogens with two attached hydrogens (primary N) is 1. The van der Waals surface area contributed by atoms with Crippen LogP contribution in [0.5, 0.6) is 11.5 Å². The first-order valence-corrected chi connectivity index (χ1v) is 6.24. The maximum absolute atomic E-state index is 5.86. The minimum Gasteiger partial charge on any atom is -0.493 e. The zero-order chi connectivity index (χ0) is 13.8. The van der Waals surface area contributed by atoms with Crippen LogP contribution in [0.3, 0.4) is 0 Å². The maximum Gasteiger partial charge on any atom is 0.168 e. The molecule has 0 heterocycles. The van der Waals surface area contributed by atoms with Gasteiger partial charge in [0.05, 0.1) is 14.2 Å². The van der Waals surface area contributed by atoms with Crippen LogP contribution in [0.15, 0.2) is 42.5 Å². The van der Waals surface area contributed by atoms with Gasteiger partial charge in [-0.25, -0.2) is 0 Å². The van der Waals surface area contributed by atoms with Crippen molar-refractivity contribution in [2.24, 2.45) is 5.73 Å². The molecule has 2 aromatic rings. The Kier molecular flexibility index (Phi) is 4.07. The van der Waals surface area contributed by atoms with E-state index in [4.69, 9.17) is 15.2 Å². The Morgan fingerprint density at radius 3 is 2.16 bits per heavy atom. The number of ether oxygens (including phenoxy) is 2. The van der Waals surface area contributed by atoms with Crippen molar-refractivity contribution >= 4 is 0 Å². The van der Waals surface area contributed by atoms with E-state index in [9.17, 15) is 0 Å². The standard InChI is InChI=1S/C16H19NO2/c1-11(17)12-7-9-13(10-8-12)14-5-4-6-15(18-2)16(14)19-3/h4-11H,17H2,1-3H3. The Labute approximate surface area is 114 Å². The van der Waals surface area contributed by atoms with Gasteiger partial charge in [-0.3, -0.25) is 0 Å². The summed E-state index contributed by atoms with van der Waals surface area (Å²) >= 11 is 0. The van der Waals surface area contributed by atoms with Crippen LogP contribution in [-0.4, -0.2) is 14.2 Å². The lowest BCUT2D eigenvalue weighted by Crippen LogP contribution is -2.04. The highest BCUT2D eigenvalue weighted by molar-refractivity contribution is 5.74. The Balaban J connectivity index is 2.46. The summed E-state index contributed by atoms with van der Waals surface area (Å²) < 4.78 is 10.8. The first kappa shape index (κ1) is 13.4. The van der Waals surface area contributed by atoms with Gasteiger partial charge < -0.3 is 15.2 Å². The molecule has 0 fully saturated rings. The molecule has 2 rings (SSSR count). The number of rotatable bonds is 4. The topological polar surface area (TPSA) is 44.5 Å². The first-order valence-electron chi connectivity index (χ1n) is 6.24. The summed E-state index contributed by atoms with van der Waals surface area (Å²) in [5.41, 5.74) is 9.07. The second-order valence-corrected chi connectivity index (χ2v) is 4.45. The smallest absolute Gasteiger partial charge is 0.168 e. The van der Waals surface area contributed by atoms with E-state index in [1.807, 2.05) is 37.3 Å². The van der Waals surface area contributed by atoms with Crippen LogP contribution in [0.25, 0.3) is 11.1 Å². The molecule has 1 atom stereocenters. The summed E-state index contributed by atoms with van der Waals surface area (Å²) in [5.74, 6) is 1.48. The molecule has 3 nitrogen and oxygen atoms in total. The lowest BCUT2D eigenvalue weighted by molar-refractivity contribution is 0.356. The summed E-state index contributed by atoms with van der Waals surface area (Å²) in [6, 6.07) is 14.1. The molecule has 0 spiro atoms. The van der Waals surface area contributed by atoms with Gasteiger partial charge in [-0.2, -0.15) is 0 Å². The maximum atomic E-state index is 5.86. The second kappa shape index (κ2) is 5.76. The van der Waals surface area contributed by atoms with Gasteiger partial charge in [0.25, 0.3) is 0 Å². The van der Waals surface area contributed by atoms with Gasteiger partial charge in [-0.1, -0.05) is 36.4 Å². The van der Waals surface area contributed by atoms with Crippen molar-refractivity contribution < 1.29 is 9.47 Å². The summed E-state index contributed by atoms with van der Waals surface area (Å²) in [7, 11) is 3.29. The Bertz CT molecular complexity index is 547. The Morgan fingerprint density at radius 2 is 1.63 bits per heavy atom. The van der Waals surface area contributed by atoms with Crippen molar-refractivity contribution in [3.63, 3.8) is 0 Å². The molecule has 2 N–H and O–H groups in total. The highest BCUT2D eigenvalue weighted by Crippen LogP contribution is 2.37. The average molecular weight is 257 g/mol. The zero-order valence-corrected chi connectivity index (χ0v) is 11.5. The van der Waals surface area contributed by atoms with Crippen molar-refractivity contribution in [2.45, 2.75) is 13.0 Å². The van der Waals surface area contributed by atoms with E-state index in [-0.39, 0.29) is 6.04 Å². The monoisotopic (exact) mass is 257 g/mol. The predicted octanol–water partition coefficient (Wildman–Crippen LogP) is 3.39. The Morgan fingerprint density at radius 1 is 0.947 bits per heavy atom. The molecule has 0 saturated carbocycles. The van der Waals surface area contributed by atoms with Crippen LogP contribution in [0.4, 0.5) is 0 Å². The van der Waals surface area contributed by atoms with Crippen molar-refractivity contribution in [3.8, 4) is 22.6 Å². The molecule has 0 aromatic heterocycles. The minimum absolute atomic E-state index is 0.0428. The molecule has 0 amide bonds. The number of hydrogen-bond donors (Lipinski definition) is 1. The van der Waals surface area contributed by atoms with Crippen LogP contribution >= 0.6 is 0 Å². The molecule has 0 saturated heterocycles. The minimum atomic E-state index is 0.0428. The second-order valence-electron chi connectivity index (χ2n) is 4.45. The quantitative estimate of drug-likeness (QED) is 0.913. The molecular weight excluding hydrogens is 238 g/mol. The van der Waals surface area contributed by atoms with Crippen molar-refractivity contribution in [1.82, 2.24) is 0 Å². The van der Waals surface area contributed by atoms with E-state index in [0.717, 1.165) is 28.2 Å². The fourth-order valence-electron chi connectivity index (χ4n) is 2.08. The third-order valence-corrected chi connectivity index (χ3v) is 3.15. The van der Waals surface area contributed by atoms with Gasteiger partial charge >= 0.3 is 0 Å². The van der Waals surface area contributed by atoms with Gasteiger partial charge in [0.15, 0.2) is 11.5 Å². The zero-order valence-electron chi connectivity index (χ0n) is 11.5. The molecule has 3 heteroatoms. The van der Waals surface area contributed by atoms with E-state index in [1.165, 1.54) is 0 Å². The molecule has 0 radical (unpaired) electrons. The Hall–Kier alpha value is -2.00. The van der Waals surface area contributed by atoms with Crippen LogP contribution in [0, 0.1) is 0 Å². The van der Waals surface area contributed by atoms with Crippen molar-refractivity contribution in [1.29, 1.82) is 0 Å². The molecule has 2 aromatic carbocycles. The molecule has 0 aliphatic rings. The van der Waals surface area contributed by atoms with Crippen LogP contribution < -0.4 is 15.2 Å².